The van der Waals surface area contributed by atoms with Crippen LogP contribution >= 0.6 is 0 Å². The summed E-state index contributed by atoms with van der Waals surface area (Å²) in [6, 6.07) is 0.0772. The molecule has 1 aliphatic heterocycles. The molecule has 1 amide bonds. The maximum absolute atomic E-state index is 12.0. The van der Waals surface area contributed by atoms with Crippen molar-refractivity contribution in [1.82, 2.24) is 24.6 Å². The lowest BCUT2D eigenvalue weighted by molar-refractivity contribution is 0.0687. The van der Waals surface area contributed by atoms with Crippen LogP contribution in [0.1, 0.15) is 64.8 Å². The van der Waals surface area contributed by atoms with E-state index in [-0.39, 0.29) is 23.6 Å². The van der Waals surface area contributed by atoms with Gasteiger partial charge in [0.15, 0.2) is 5.69 Å². The molecule has 0 unspecified atom stereocenters. The van der Waals surface area contributed by atoms with E-state index in [2.05, 4.69) is 15.1 Å². The van der Waals surface area contributed by atoms with Crippen LogP contribution in [-0.4, -0.2) is 62.3 Å². The van der Waals surface area contributed by atoms with Gasteiger partial charge in [-0.3, -0.25) is 9.48 Å². The lowest BCUT2D eigenvalue weighted by atomic mass is 9.96. The summed E-state index contributed by atoms with van der Waals surface area (Å²) < 4.78 is 1.81. The van der Waals surface area contributed by atoms with Crippen molar-refractivity contribution in [1.29, 1.82) is 0 Å². The summed E-state index contributed by atoms with van der Waals surface area (Å²) in [5.41, 5.74) is 2.15. The number of carbonyl (C=O) groups excluding carboxylic acids is 1. The fraction of sp³-hybridized carbons (Fsp3) is 0.500. The van der Waals surface area contributed by atoms with E-state index in [0.717, 1.165) is 5.69 Å². The summed E-state index contributed by atoms with van der Waals surface area (Å²) in [7, 11) is 3.34. The predicted octanol–water partition coefficient (Wildman–Crippen LogP) is 1.78. The van der Waals surface area contributed by atoms with Gasteiger partial charge in [-0.15, -0.1) is 0 Å². The number of amides is 1. The minimum atomic E-state index is -1.03. The Balaban J connectivity index is 1.95. The minimum absolute atomic E-state index is 0.0726. The standard InChI is InChI=1S/C18H24N6O3/c1-10(2)24-15-11(3)8-23(9-13(15)14(21-24)17(26)27)18-19-6-12(7-20-18)16(25)22(4)5/h6-7,10-11H,8-9H2,1-5H3,(H,26,27)/t11-/m0/s1. The Morgan fingerprint density at radius 2 is 1.89 bits per heavy atom. The molecular weight excluding hydrogens is 348 g/mol. The fourth-order valence-corrected chi connectivity index (χ4v) is 3.40. The number of nitrogens with zero attached hydrogens (tertiary/aromatic N) is 6. The second kappa shape index (κ2) is 6.98. The summed E-state index contributed by atoms with van der Waals surface area (Å²) >= 11 is 0. The van der Waals surface area contributed by atoms with Crippen molar-refractivity contribution in [2.45, 2.75) is 39.3 Å². The molecule has 0 aromatic carbocycles. The smallest absolute Gasteiger partial charge is 0.356 e. The van der Waals surface area contributed by atoms with E-state index in [4.69, 9.17) is 0 Å². The van der Waals surface area contributed by atoms with E-state index in [1.54, 1.807) is 18.8 Å². The van der Waals surface area contributed by atoms with Gasteiger partial charge in [0.05, 0.1) is 12.1 Å². The number of rotatable bonds is 4. The third kappa shape index (κ3) is 3.36. The van der Waals surface area contributed by atoms with Crippen LogP contribution in [0.15, 0.2) is 12.4 Å². The molecule has 9 heteroatoms. The quantitative estimate of drug-likeness (QED) is 0.872. The maximum Gasteiger partial charge on any atom is 0.356 e. The number of anilines is 1. The molecule has 0 saturated carbocycles. The number of hydrogen-bond donors (Lipinski definition) is 1. The maximum atomic E-state index is 12.0. The molecule has 3 heterocycles. The number of carbonyl (C=O) groups is 2. The zero-order valence-corrected chi connectivity index (χ0v) is 16.2. The van der Waals surface area contributed by atoms with E-state index >= 15 is 0 Å². The van der Waals surface area contributed by atoms with Gasteiger partial charge in [-0.05, 0) is 13.8 Å². The number of carboxylic acids is 1. The summed E-state index contributed by atoms with van der Waals surface area (Å²) in [4.78, 5) is 35.7. The second-order valence-electron chi connectivity index (χ2n) is 7.31. The first-order valence-electron chi connectivity index (χ1n) is 8.83. The van der Waals surface area contributed by atoms with Gasteiger partial charge in [-0.2, -0.15) is 5.10 Å². The number of aromatic carboxylic acids is 1. The van der Waals surface area contributed by atoms with Crippen molar-refractivity contribution in [3.8, 4) is 0 Å². The van der Waals surface area contributed by atoms with Crippen LogP contribution in [0, 0.1) is 0 Å². The van der Waals surface area contributed by atoms with Gasteiger partial charge >= 0.3 is 5.97 Å². The fourth-order valence-electron chi connectivity index (χ4n) is 3.40. The molecule has 0 spiro atoms. The normalized spacial score (nSPS) is 16.4. The van der Waals surface area contributed by atoms with Crippen molar-refractivity contribution < 1.29 is 14.7 Å². The Hall–Kier alpha value is -2.97. The van der Waals surface area contributed by atoms with E-state index in [0.29, 0.717) is 30.2 Å². The molecule has 9 nitrogen and oxygen atoms in total. The summed E-state index contributed by atoms with van der Waals surface area (Å²) in [5, 5.41) is 13.9. The molecule has 3 rings (SSSR count). The third-order valence-corrected chi connectivity index (χ3v) is 4.63. The van der Waals surface area contributed by atoms with E-state index < -0.39 is 5.97 Å². The van der Waals surface area contributed by atoms with E-state index in [9.17, 15) is 14.7 Å². The highest BCUT2D eigenvalue weighted by Crippen LogP contribution is 2.33. The summed E-state index contributed by atoms with van der Waals surface area (Å²) in [6.45, 7) is 7.03. The number of carboxylic acid groups (broad SMARTS) is 1. The highest BCUT2D eigenvalue weighted by molar-refractivity contribution is 5.93. The molecule has 0 saturated heterocycles. The molecule has 2 aromatic rings. The van der Waals surface area contributed by atoms with Crippen LogP contribution in [0.5, 0.6) is 0 Å². The van der Waals surface area contributed by atoms with Crippen LogP contribution in [-0.2, 0) is 6.54 Å². The molecule has 0 bridgehead atoms. The SMILES string of the molecule is CC(C)n1nc(C(=O)O)c2c1[C@@H](C)CN(c1ncc(C(=O)N(C)C)cn1)C2. The van der Waals surface area contributed by atoms with Crippen LogP contribution < -0.4 is 4.90 Å². The van der Waals surface area contributed by atoms with Crippen LogP contribution in [0.3, 0.4) is 0 Å². The van der Waals surface area contributed by atoms with Gasteiger partial charge in [-0.25, -0.2) is 14.8 Å². The molecule has 27 heavy (non-hydrogen) atoms. The molecule has 1 atom stereocenters. The Bertz CT molecular complexity index is 872. The molecule has 1 aliphatic rings. The predicted molar refractivity (Wildman–Crippen MR) is 99.1 cm³/mol. The summed E-state index contributed by atoms with van der Waals surface area (Å²) in [5.74, 6) is -0.658. The van der Waals surface area contributed by atoms with Gasteiger partial charge in [0.1, 0.15) is 0 Å². The van der Waals surface area contributed by atoms with Crippen molar-refractivity contribution in [3.63, 3.8) is 0 Å². The summed E-state index contributed by atoms with van der Waals surface area (Å²) in [6.07, 6.45) is 3.00. The largest absolute Gasteiger partial charge is 0.476 e. The lowest BCUT2D eigenvalue weighted by Crippen LogP contribution is -2.35. The topological polar surface area (TPSA) is 104 Å². The number of hydrogen-bond acceptors (Lipinski definition) is 6. The highest BCUT2D eigenvalue weighted by Gasteiger charge is 2.33. The molecular formula is C18H24N6O3. The number of aromatic nitrogens is 4. The molecule has 0 aliphatic carbocycles. The Kier molecular flexibility index (Phi) is 4.86. The van der Waals surface area contributed by atoms with E-state index in [1.165, 1.54) is 17.3 Å². The monoisotopic (exact) mass is 372 g/mol. The Labute approximate surface area is 157 Å². The minimum Gasteiger partial charge on any atom is -0.476 e. The Morgan fingerprint density at radius 1 is 1.26 bits per heavy atom. The molecule has 0 fully saturated rings. The van der Waals surface area contributed by atoms with Crippen LogP contribution in [0.4, 0.5) is 5.95 Å². The van der Waals surface area contributed by atoms with Gasteiger partial charge in [-0.1, -0.05) is 6.92 Å². The van der Waals surface area contributed by atoms with Gasteiger partial charge < -0.3 is 14.9 Å². The van der Waals surface area contributed by atoms with Crippen molar-refractivity contribution in [3.05, 3.63) is 34.9 Å². The number of fused-ring (bicyclic) bond motifs is 1. The second-order valence-corrected chi connectivity index (χ2v) is 7.31. The van der Waals surface area contributed by atoms with E-state index in [1.807, 2.05) is 25.7 Å². The first kappa shape index (κ1) is 18.8. The van der Waals surface area contributed by atoms with Crippen LogP contribution in [0.25, 0.3) is 0 Å². The Morgan fingerprint density at radius 3 is 2.41 bits per heavy atom. The molecule has 144 valence electrons. The average Bonchev–Trinajstić information content (AvgIpc) is 3.02. The molecule has 1 N–H and O–H groups in total. The van der Waals surface area contributed by atoms with Crippen molar-refractivity contribution in [2.24, 2.45) is 0 Å². The van der Waals surface area contributed by atoms with Gasteiger partial charge in [0, 0.05) is 56.3 Å². The third-order valence-electron chi connectivity index (χ3n) is 4.63. The molecule has 0 radical (unpaired) electrons. The zero-order chi connectivity index (χ0) is 19.9. The molecule has 2 aromatic heterocycles. The van der Waals surface area contributed by atoms with Crippen molar-refractivity contribution in [2.75, 3.05) is 25.5 Å². The van der Waals surface area contributed by atoms with Gasteiger partial charge in [0.2, 0.25) is 5.95 Å². The van der Waals surface area contributed by atoms with Crippen molar-refractivity contribution >= 4 is 17.8 Å². The van der Waals surface area contributed by atoms with Gasteiger partial charge in [0.25, 0.3) is 5.91 Å². The van der Waals surface area contributed by atoms with Crippen LogP contribution in [0.2, 0.25) is 0 Å². The highest BCUT2D eigenvalue weighted by atomic mass is 16.4. The first-order valence-corrected chi connectivity index (χ1v) is 8.83. The first-order chi connectivity index (χ1) is 12.7. The zero-order valence-electron chi connectivity index (χ0n) is 16.2. The lowest BCUT2D eigenvalue weighted by Gasteiger charge is -2.32. The average molecular weight is 372 g/mol.